The van der Waals surface area contributed by atoms with Crippen molar-refractivity contribution in [1.82, 2.24) is 14.3 Å². The molecule has 0 bridgehead atoms. The second kappa shape index (κ2) is 4.67. The second-order valence-corrected chi connectivity index (χ2v) is 6.08. The van der Waals surface area contributed by atoms with E-state index in [2.05, 4.69) is 9.97 Å². The third-order valence-corrected chi connectivity index (χ3v) is 4.43. The number of nitrogens with two attached hydrogens (primary N) is 1. The Morgan fingerprint density at radius 2 is 2.29 bits per heavy atom. The molecule has 1 aromatic heterocycles. The van der Waals surface area contributed by atoms with Crippen molar-refractivity contribution in [2.45, 2.75) is 31.0 Å². The van der Waals surface area contributed by atoms with Gasteiger partial charge in [0.25, 0.3) is 15.2 Å². The molecule has 6 nitrogen and oxygen atoms in total. The van der Waals surface area contributed by atoms with Gasteiger partial charge in [0.05, 0.1) is 0 Å². The van der Waals surface area contributed by atoms with Crippen LogP contribution < -0.4 is 5.73 Å². The lowest BCUT2D eigenvalue weighted by Crippen LogP contribution is -2.46. The molecular formula is C10H16N4O2S. The van der Waals surface area contributed by atoms with Gasteiger partial charge in [-0.1, -0.05) is 0 Å². The SMILES string of the molecule is Cc1ccnc(S(=O)(=O)N2CCC[C@H](N)C2)n1. The van der Waals surface area contributed by atoms with Crippen LogP contribution in [0.1, 0.15) is 18.5 Å². The predicted molar refractivity (Wildman–Crippen MR) is 62.7 cm³/mol. The maximum Gasteiger partial charge on any atom is 0.278 e. The van der Waals surface area contributed by atoms with E-state index in [1.54, 1.807) is 13.0 Å². The van der Waals surface area contributed by atoms with Gasteiger partial charge in [-0.2, -0.15) is 4.31 Å². The van der Waals surface area contributed by atoms with Crippen LogP contribution >= 0.6 is 0 Å². The van der Waals surface area contributed by atoms with Gasteiger partial charge in [0.15, 0.2) is 0 Å². The Morgan fingerprint density at radius 3 is 2.94 bits per heavy atom. The zero-order chi connectivity index (χ0) is 12.5. The van der Waals surface area contributed by atoms with Crippen molar-refractivity contribution in [3.05, 3.63) is 18.0 Å². The van der Waals surface area contributed by atoms with Gasteiger partial charge in [-0.25, -0.2) is 18.4 Å². The summed E-state index contributed by atoms with van der Waals surface area (Å²) >= 11 is 0. The lowest BCUT2D eigenvalue weighted by Gasteiger charge is -2.29. The van der Waals surface area contributed by atoms with Crippen LogP contribution in [0.15, 0.2) is 17.4 Å². The summed E-state index contributed by atoms with van der Waals surface area (Å²) in [6.45, 7) is 2.58. The third kappa shape index (κ3) is 2.62. The van der Waals surface area contributed by atoms with Crippen molar-refractivity contribution in [2.24, 2.45) is 5.73 Å². The van der Waals surface area contributed by atoms with Gasteiger partial charge in [0.1, 0.15) is 0 Å². The Balaban J connectivity index is 2.29. The summed E-state index contributed by atoms with van der Waals surface area (Å²) in [5.74, 6) is 0. The topological polar surface area (TPSA) is 89.2 Å². The number of nitrogens with zero attached hydrogens (tertiary/aromatic N) is 3. The van der Waals surface area contributed by atoms with Gasteiger partial charge in [0, 0.05) is 31.0 Å². The van der Waals surface area contributed by atoms with Crippen LogP contribution in [0.4, 0.5) is 0 Å². The van der Waals surface area contributed by atoms with Gasteiger partial charge in [0.2, 0.25) is 0 Å². The molecule has 1 fully saturated rings. The minimum Gasteiger partial charge on any atom is -0.327 e. The third-order valence-electron chi connectivity index (χ3n) is 2.76. The van der Waals surface area contributed by atoms with Crippen molar-refractivity contribution in [3.63, 3.8) is 0 Å². The van der Waals surface area contributed by atoms with Gasteiger partial charge in [-0.3, -0.25) is 0 Å². The number of piperidine rings is 1. The zero-order valence-corrected chi connectivity index (χ0v) is 10.5. The largest absolute Gasteiger partial charge is 0.327 e. The highest BCUT2D eigenvalue weighted by Gasteiger charge is 2.30. The maximum atomic E-state index is 12.2. The standard InChI is InChI=1S/C10H16N4O2S/c1-8-4-5-12-10(13-8)17(15,16)14-6-2-3-9(11)7-14/h4-5,9H,2-3,6-7,11H2,1H3/t9-/m0/s1. The van der Waals surface area contributed by atoms with E-state index in [1.807, 2.05) is 0 Å². The van der Waals surface area contributed by atoms with E-state index in [0.717, 1.165) is 12.8 Å². The van der Waals surface area contributed by atoms with Gasteiger partial charge < -0.3 is 5.73 Å². The molecule has 17 heavy (non-hydrogen) atoms. The molecule has 0 saturated carbocycles. The number of rotatable bonds is 2. The minimum absolute atomic E-state index is 0.0941. The van der Waals surface area contributed by atoms with E-state index in [4.69, 9.17) is 5.73 Å². The number of hydrogen-bond acceptors (Lipinski definition) is 5. The summed E-state index contributed by atoms with van der Waals surface area (Å²) < 4.78 is 25.8. The molecule has 0 radical (unpaired) electrons. The average Bonchev–Trinajstić information content (AvgIpc) is 2.29. The van der Waals surface area contributed by atoms with E-state index >= 15 is 0 Å². The molecule has 0 aliphatic carbocycles. The first kappa shape index (κ1) is 12.4. The molecule has 2 heterocycles. The van der Waals surface area contributed by atoms with Crippen molar-refractivity contribution < 1.29 is 8.42 Å². The molecule has 1 saturated heterocycles. The van der Waals surface area contributed by atoms with Crippen molar-refractivity contribution in [3.8, 4) is 0 Å². The molecule has 1 atom stereocenters. The fourth-order valence-electron chi connectivity index (χ4n) is 1.86. The summed E-state index contributed by atoms with van der Waals surface area (Å²) in [5.41, 5.74) is 6.42. The number of aryl methyl sites for hydroxylation is 1. The van der Waals surface area contributed by atoms with Crippen LogP contribution in [0, 0.1) is 6.92 Å². The summed E-state index contributed by atoms with van der Waals surface area (Å²) in [6.07, 6.45) is 3.10. The van der Waals surface area contributed by atoms with Crippen LogP contribution in [-0.2, 0) is 10.0 Å². The molecule has 1 aliphatic heterocycles. The number of sulfonamides is 1. The molecule has 0 unspecified atom stereocenters. The molecular weight excluding hydrogens is 240 g/mol. The quantitative estimate of drug-likeness (QED) is 0.746. The highest BCUT2D eigenvalue weighted by molar-refractivity contribution is 7.88. The smallest absolute Gasteiger partial charge is 0.278 e. The Morgan fingerprint density at radius 1 is 1.53 bits per heavy atom. The molecule has 7 heteroatoms. The van der Waals surface area contributed by atoms with E-state index in [-0.39, 0.29) is 11.2 Å². The Bertz CT molecular complexity index is 503. The first-order chi connectivity index (χ1) is 8.00. The fraction of sp³-hybridized carbons (Fsp3) is 0.600. The van der Waals surface area contributed by atoms with Crippen molar-refractivity contribution in [2.75, 3.05) is 13.1 Å². The average molecular weight is 256 g/mol. The van der Waals surface area contributed by atoms with Crippen LogP contribution in [0.25, 0.3) is 0 Å². The highest BCUT2D eigenvalue weighted by Crippen LogP contribution is 2.17. The van der Waals surface area contributed by atoms with E-state index < -0.39 is 10.0 Å². The monoisotopic (exact) mass is 256 g/mol. The molecule has 0 amide bonds. The van der Waals surface area contributed by atoms with Crippen molar-refractivity contribution >= 4 is 10.0 Å². The Hall–Kier alpha value is -1.05. The second-order valence-electron chi connectivity index (χ2n) is 4.25. The highest BCUT2D eigenvalue weighted by atomic mass is 32.2. The van der Waals surface area contributed by atoms with E-state index in [1.165, 1.54) is 10.5 Å². The molecule has 1 aliphatic rings. The molecule has 1 aromatic rings. The summed E-state index contributed by atoms with van der Waals surface area (Å²) in [4.78, 5) is 7.79. The van der Waals surface area contributed by atoms with Crippen LogP contribution in [0.2, 0.25) is 0 Å². The van der Waals surface area contributed by atoms with E-state index in [0.29, 0.717) is 18.8 Å². The van der Waals surface area contributed by atoms with Crippen LogP contribution in [0.3, 0.4) is 0 Å². The normalized spacial score (nSPS) is 22.6. The lowest BCUT2D eigenvalue weighted by molar-refractivity contribution is 0.314. The Kier molecular flexibility index (Phi) is 3.41. The molecule has 2 N–H and O–H groups in total. The first-order valence-electron chi connectivity index (χ1n) is 5.55. The molecule has 0 spiro atoms. The van der Waals surface area contributed by atoms with Crippen molar-refractivity contribution in [1.29, 1.82) is 0 Å². The molecule has 0 aromatic carbocycles. The first-order valence-corrected chi connectivity index (χ1v) is 6.99. The summed E-state index contributed by atoms with van der Waals surface area (Å²) in [5, 5.41) is -0.133. The molecule has 94 valence electrons. The molecule has 2 rings (SSSR count). The van der Waals surface area contributed by atoms with Gasteiger partial charge in [-0.15, -0.1) is 0 Å². The zero-order valence-electron chi connectivity index (χ0n) is 9.70. The maximum absolute atomic E-state index is 12.2. The fourth-order valence-corrected chi connectivity index (χ4v) is 3.30. The van der Waals surface area contributed by atoms with E-state index in [9.17, 15) is 8.42 Å². The Labute approximate surface area is 101 Å². The van der Waals surface area contributed by atoms with Gasteiger partial charge in [-0.05, 0) is 25.8 Å². The number of hydrogen-bond donors (Lipinski definition) is 1. The van der Waals surface area contributed by atoms with Crippen LogP contribution in [-0.4, -0.2) is 41.8 Å². The lowest BCUT2D eigenvalue weighted by atomic mass is 10.1. The summed E-state index contributed by atoms with van der Waals surface area (Å²) in [7, 11) is -3.59. The van der Waals surface area contributed by atoms with Gasteiger partial charge >= 0.3 is 0 Å². The van der Waals surface area contributed by atoms with Crippen LogP contribution in [0.5, 0.6) is 0 Å². The summed E-state index contributed by atoms with van der Waals surface area (Å²) in [6, 6.07) is 1.57. The number of aromatic nitrogens is 2. The predicted octanol–water partition coefficient (Wildman–Crippen LogP) is -0.103. The minimum atomic E-state index is -3.59.